The number of nitrogens with two attached hydrogens (primary N) is 1. The van der Waals surface area contributed by atoms with Gasteiger partial charge in [-0.15, -0.1) is 0 Å². The van der Waals surface area contributed by atoms with E-state index in [9.17, 15) is 0 Å². The first-order valence-corrected chi connectivity index (χ1v) is 7.93. The molecule has 1 heterocycles. The molecule has 0 bridgehead atoms. The Bertz CT molecular complexity index is 302. The molecular weight excluding hydrogens is 250 g/mol. The van der Waals surface area contributed by atoms with Crippen LogP contribution in [0, 0.1) is 5.92 Å². The topological polar surface area (TPSA) is 41.7 Å². The van der Waals surface area contributed by atoms with Gasteiger partial charge in [-0.25, -0.2) is 0 Å². The van der Waals surface area contributed by atoms with E-state index >= 15 is 0 Å². The SMILES string of the molecule is CCCN(CCN(C)C)CC1C(N)C(C)(C)OC1(C)C. The third-order valence-electron chi connectivity index (χ3n) is 4.51. The molecule has 0 spiro atoms. The van der Waals surface area contributed by atoms with Gasteiger partial charge < -0.3 is 20.3 Å². The van der Waals surface area contributed by atoms with Crippen molar-refractivity contribution in [3.05, 3.63) is 0 Å². The van der Waals surface area contributed by atoms with E-state index in [4.69, 9.17) is 10.5 Å². The first-order chi connectivity index (χ1) is 9.10. The van der Waals surface area contributed by atoms with Crippen LogP contribution in [0.25, 0.3) is 0 Å². The molecule has 0 aliphatic carbocycles. The first-order valence-electron chi connectivity index (χ1n) is 7.93. The van der Waals surface area contributed by atoms with E-state index in [-0.39, 0.29) is 17.2 Å². The molecule has 4 nitrogen and oxygen atoms in total. The molecular formula is C16H35N3O. The second-order valence-corrected chi connectivity index (χ2v) is 7.55. The summed E-state index contributed by atoms with van der Waals surface area (Å²) in [5.74, 6) is 0.381. The molecule has 0 amide bonds. The van der Waals surface area contributed by atoms with Gasteiger partial charge in [-0.05, 0) is 54.8 Å². The smallest absolute Gasteiger partial charge is 0.0788 e. The van der Waals surface area contributed by atoms with E-state index in [1.807, 2.05) is 0 Å². The van der Waals surface area contributed by atoms with E-state index in [0.29, 0.717) is 5.92 Å². The van der Waals surface area contributed by atoms with Crippen molar-refractivity contribution in [2.24, 2.45) is 11.7 Å². The Morgan fingerprint density at radius 1 is 1.00 bits per heavy atom. The average molecular weight is 285 g/mol. The van der Waals surface area contributed by atoms with Crippen LogP contribution in [0.15, 0.2) is 0 Å². The molecule has 2 unspecified atom stereocenters. The predicted octanol–water partition coefficient (Wildman–Crippen LogP) is 1.79. The molecule has 4 heteroatoms. The molecule has 120 valence electrons. The molecule has 20 heavy (non-hydrogen) atoms. The summed E-state index contributed by atoms with van der Waals surface area (Å²) in [6.45, 7) is 15.2. The largest absolute Gasteiger partial charge is 0.368 e. The Kier molecular flexibility index (Phi) is 6.02. The lowest BCUT2D eigenvalue weighted by Crippen LogP contribution is -2.49. The Hall–Kier alpha value is -0.160. The van der Waals surface area contributed by atoms with Gasteiger partial charge in [0.05, 0.1) is 11.2 Å². The van der Waals surface area contributed by atoms with Gasteiger partial charge in [0.25, 0.3) is 0 Å². The highest BCUT2D eigenvalue weighted by Crippen LogP contribution is 2.41. The maximum Gasteiger partial charge on any atom is 0.0788 e. The van der Waals surface area contributed by atoms with Crippen LogP contribution < -0.4 is 5.73 Å². The maximum atomic E-state index is 6.47. The minimum atomic E-state index is -0.229. The van der Waals surface area contributed by atoms with Crippen molar-refractivity contribution in [2.45, 2.75) is 58.3 Å². The summed E-state index contributed by atoms with van der Waals surface area (Å²) >= 11 is 0. The summed E-state index contributed by atoms with van der Waals surface area (Å²) in [6, 6.07) is 0.0937. The molecule has 2 atom stereocenters. The molecule has 2 N–H and O–H groups in total. The van der Waals surface area contributed by atoms with Gasteiger partial charge in [-0.2, -0.15) is 0 Å². The van der Waals surface area contributed by atoms with Crippen molar-refractivity contribution in [3.8, 4) is 0 Å². The summed E-state index contributed by atoms with van der Waals surface area (Å²) in [5, 5.41) is 0. The van der Waals surface area contributed by atoms with Crippen molar-refractivity contribution >= 4 is 0 Å². The van der Waals surface area contributed by atoms with Gasteiger partial charge >= 0.3 is 0 Å². The lowest BCUT2D eigenvalue weighted by Gasteiger charge is -2.33. The molecule has 0 saturated carbocycles. The van der Waals surface area contributed by atoms with Crippen LogP contribution in [0.3, 0.4) is 0 Å². The number of rotatable bonds is 7. The van der Waals surface area contributed by atoms with E-state index in [1.165, 1.54) is 6.42 Å². The number of hydrogen-bond acceptors (Lipinski definition) is 4. The van der Waals surface area contributed by atoms with Crippen LogP contribution >= 0.6 is 0 Å². The van der Waals surface area contributed by atoms with Crippen LogP contribution in [0.1, 0.15) is 41.0 Å². The molecule has 0 aromatic rings. The molecule has 1 aliphatic heterocycles. The summed E-state index contributed by atoms with van der Waals surface area (Å²) in [7, 11) is 4.25. The first kappa shape index (κ1) is 17.9. The summed E-state index contributed by atoms with van der Waals surface area (Å²) < 4.78 is 6.20. The predicted molar refractivity (Wildman–Crippen MR) is 86.0 cm³/mol. The molecule has 0 radical (unpaired) electrons. The van der Waals surface area contributed by atoms with Crippen LogP contribution in [-0.2, 0) is 4.74 Å². The molecule has 1 saturated heterocycles. The fraction of sp³-hybridized carbons (Fsp3) is 1.00. The average Bonchev–Trinajstić information content (AvgIpc) is 2.44. The third kappa shape index (κ3) is 4.42. The molecule has 1 rings (SSSR count). The van der Waals surface area contributed by atoms with Gasteiger partial charge in [-0.1, -0.05) is 6.92 Å². The summed E-state index contributed by atoms with van der Waals surface area (Å²) in [4.78, 5) is 4.78. The zero-order valence-electron chi connectivity index (χ0n) is 14.6. The van der Waals surface area contributed by atoms with Crippen LogP contribution in [-0.4, -0.2) is 67.3 Å². The van der Waals surface area contributed by atoms with Crippen molar-refractivity contribution in [1.29, 1.82) is 0 Å². The zero-order chi connectivity index (χ0) is 15.6. The number of likely N-dealkylation sites (N-methyl/N-ethyl adjacent to an activating group) is 1. The van der Waals surface area contributed by atoms with E-state index in [0.717, 1.165) is 26.2 Å². The quantitative estimate of drug-likeness (QED) is 0.774. The minimum Gasteiger partial charge on any atom is -0.368 e. The second kappa shape index (κ2) is 6.73. The Morgan fingerprint density at radius 2 is 1.60 bits per heavy atom. The second-order valence-electron chi connectivity index (χ2n) is 7.55. The van der Waals surface area contributed by atoms with Gasteiger partial charge in [-0.3, -0.25) is 0 Å². The molecule has 0 aromatic carbocycles. The minimum absolute atomic E-state index is 0.0937. The van der Waals surface area contributed by atoms with Crippen LogP contribution in [0.2, 0.25) is 0 Å². The number of hydrogen-bond donors (Lipinski definition) is 1. The van der Waals surface area contributed by atoms with Crippen molar-refractivity contribution in [2.75, 3.05) is 40.3 Å². The standard InChI is InChI=1S/C16H35N3O/c1-8-9-19(11-10-18(6)7)12-13-14(17)16(4,5)20-15(13,2)3/h13-14H,8-12,17H2,1-7H3. The van der Waals surface area contributed by atoms with Crippen molar-refractivity contribution < 1.29 is 4.74 Å². The summed E-state index contributed by atoms with van der Waals surface area (Å²) in [5.41, 5.74) is 6.10. The normalized spacial score (nSPS) is 28.5. The van der Waals surface area contributed by atoms with Gasteiger partial charge in [0.2, 0.25) is 0 Å². The van der Waals surface area contributed by atoms with Gasteiger partial charge in [0.1, 0.15) is 0 Å². The molecule has 1 fully saturated rings. The highest BCUT2D eigenvalue weighted by atomic mass is 16.5. The van der Waals surface area contributed by atoms with Gasteiger partial charge in [0.15, 0.2) is 0 Å². The maximum absolute atomic E-state index is 6.47. The molecule has 1 aliphatic rings. The Balaban J connectivity index is 2.71. The monoisotopic (exact) mass is 285 g/mol. The van der Waals surface area contributed by atoms with E-state index in [1.54, 1.807) is 0 Å². The molecule has 0 aromatic heterocycles. The lowest BCUT2D eigenvalue weighted by molar-refractivity contribution is -0.0785. The van der Waals surface area contributed by atoms with Crippen molar-refractivity contribution in [3.63, 3.8) is 0 Å². The zero-order valence-corrected chi connectivity index (χ0v) is 14.6. The van der Waals surface area contributed by atoms with Crippen molar-refractivity contribution in [1.82, 2.24) is 9.80 Å². The highest BCUT2D eigenvalue weighted by Gasteiger charge is 2.52. The fourth-order valence-electron chi connectivity index (χ4n) is 3.30. The third-order valence-corrected chi connectivity index (χ3v) is 4.51. The van der Waals surface area contributed by atoms with Crippen LogP contribution in [0.5, 0.6) is 0 Å². The van der Waals surface area contributed by atoms with Gasteiger partial charge in [0, 0.05) is 31.6 Å². The summed E-state index contributed by atoms with van der Waals surface area (Å²) in [6.07, 6.45) is 1.18. The van der Waals surface area contributed by atoms with Crippen LogP contribution in [0.4, 0.5) is 0 Å². The Morgan fingerprint density at radius 3 is 2.00 bits per heavy atom. The number of nitrogens with zero attached hydrogens (tertiary/aromatic N) is 2. The number of ether oxygens (including phenoxy) is 1. The Labute approximate surface area is 125 Å². The van der Waals surface area contributed by atoms with E-state index in [2.05, 4.69) is 58.5 Å². The lowest BCUT2D eigenvalue weighted by atomic mass is 9.82. The highest BCUT2D eigenvalue weighted by molar-refractivity contribution is 5.04. The van der Waals surface area contributed by atoms with E-state index < -0.39 is 0 Å². The fourth-order valence-corrected chi connectivity index (χ4v) is 3.30.